The van der Waals surface area contributed by atoms with Gasteiger partial charge in [-0.2, -0.15) is 0 Å². The minimum atomic E-state index is -3.45. The molecule has 1 fully saturated rings. The normalized spacial score (nSPS) is 15.1. The summed E-state index contributed by atoms with van der Waals surface area (Å²) in [6.07, 6.45) is 1.19. The number of anilines is 1. The van der Waals surface area contributed by atoms with Crippen LogP contribution in [0, 0.1) is 0 Å². The first-order chi connectivity index (χ1) is 14.4. The van der Waals surface area contributed by atoms with Gasteiger partial charge >= 0.3 is 0 Å². The van der Waals surface area contributed by atoms with E-state index in [9.17, 15) is 13.2 Å². The van der Waals surface area contributed by atoms with Crippen LogP contribution in [-0.2, 0) is 21.4 Å². The molecule has 1 heterocycles. The molecular weight excluding hydrogens is 402 g/mol. The molecule has 7 nitrogen and oxygen atoms in total. The van der Waals surface area contributed by atoms with Crippen LogP contribution in [0.15, 0.2) is 54.6 Å². The average Bonchev–Trinajstić information content (AvgIpc) is 2.76. The standard InChI is InChI=1S/C22H29N3O4S/c1-3-23-13-15-24(16-14-23)22(26)18-29-21-11-9-20(10-12-21)25(30(2,27)28)17-19-7-5-4-6-8-19/h4-12H,3,13-18H2,1-2H3. The molecule has 8 heteroatoms. The molecule has 3 rings (SSSR count). The molecule has 0 N–H and O–H groups in total. The van der Waals surface area contributed by atoms with Crippen molar-refractivity contribution in [1.82, 2.24) is 9.80 Å². The summed E-state index contributed by atoms with van der Waals surface area (Å²) in [4.78, 5) is 16.5. The van der Waals surface area contributed by atoms with Crippen LogP contribution in [0.5, 0.6) is 5.75 Å². The topological polar surface area (TPSA) is 70.2 Å². The molecule has 1 aliphatic heterocycles. The Morgan fingerprint density at radius 1 is 1.00 bits per heavy atom. The lowest BCUT2D eigenvalue weighted by Gasteiger charge is -2.33. The van der Waals surface area contributed by atoms with Crippen molar-refractivity contribution in [3.05, 3.63) is 60.2 Å². The predicted molar refractivity (Wildman–Crippen MR) is 118 cm³/mol. The lowest BCUT2D eigenvalue weighted by atomic mass is 10.2. The second-order valence-corrected chi connectivity index (χ2v) is 9.26. The number of amides is 1. The Bertz CT molecular complexity index is 925. The smallest absolute Gasteiger partial charge is 0.260 e. The highest BCUT2D eigenvalue weighted by Crippen LogP contribution is 2.23. The maximum Gasteiger partial charge on any atom is 0.260 e. The molecule has 1 amide bonds. The number of rotatable bonds is 8. The Kier molecular flexibility index (Phi) is 7.33. The van der Waals surface area contributed by atoms with E-state index >= 15 is 0 Å². The Morgan fingerprint density at radius 3 is 2.20 bits per heavy atom. The maximum absolute atomic E-state index is 12.4. The molecule has 0 unspecified atom stereocenters. The largest absolute Gasteiger partial charge is 0.484 e. The Labute approximate surface area is 178 Å². The summed E-state index contributed by atoms with van der Waals surface area (Å²) in [5.74, 6) is 0.504. The number of ether oxygens (including phenoxy) is 1. The fraction of sp³-hybridized carbons (Fsp3) is 0.409. The minimum Gasteiger partial charge on any atom is -0.484 e. The highest BCUT2D eigenvalue weighted by molar-refractivity contribution is 7.92. The minimum absolute atomic E-state index is 0.0225. The van der Waals surface area contributed by atoms with E-state index in [2.05, 4.69) is 11.8 Å². The lowest BCUT2D eigenvalue weighted by Crippen LogP contribution is -2.49. The van der Waals surface area contributed by atoms with Crippen LogP contribution < -0.4 is 9.04 Å². The van der Waals surface area contributed by atoms with Crippen molar-refractivity contribution in [2.75, 3.05) is 49.9 Å². The summed E-state index contributed by atoms with van der Waals surface area (Å²) < 4.78 is 31.6. The molecule has 1 aliphatic rings. The van der Waals surface area contributed by atoms with Crippen molar-refractivity contribution in [3.8, 4) is 5.75 Å². The molecule has 1 saturated heterocycles. The molecule has 0 aliphatic carbocycles. The van der Waals surface area contributed by atoms with E-state index in [0.29, 0.717) is 11.4 Å². The number of nitrogens with zero attached hydrogens (tertiary/aromatic N) is 3. The summed E-state index contributed by atoms with van der Waals surface area (Å²) >= 11 is 0. The Morgan fingerprint density at radius 2 is 1.63 bits per heavy atom. The molecule has 0 bridgehead atoms. The van der Waals surface area contributed by atoms with E-state index in [1.807, 2.05) is 35.2 Å². The lowest BCUT2D eigenvalue weighted by molar-refractivity contribution is -0.135. The molecule has 0 radical (unpaired) electrons. The number of hydrogen-bond donors (Lipinski definition) is 0. The Hall–Kier alpha value is -2.58. The van der Waals surface area contributed by atoms with E-state index in [4.69, 9.17) is 4.74 Å². The van der Waals surface area contributed by atoms with Gasteiger partial charge in [0.1, 0.15) is 5.75 Å². The number of sulfonamides is 1. The van der Waals surface area contributed by atoms with Crippen LogP contribution >= 0.6 is 0 Å². The molecule has 0 atom stereocenters. The Balaban J connectivity index is 1.60. The van der Waals surface area contributed by atoms with Crippen molar-refractivity contribution in [2.45, 2.75) is 13.5 Å². The summed E-state index contributed by atoms with van der Waals surface area (Å²) in [6, 6.07) is 16.2. The summed E-state index contributed by atoms with van der Waals surface area (Å²) in [7, 11) is -3.45. The van der Waals surface area contributed by atoms with Gasteiger partial charge in [0.15, 0.2) is 6.61 Å². The van der Waals surface area contributed by atoms with Crippen LogP contribution in [0.25, 0.3) is 0 Å². The first-order valence-electron chi connectivity index (χ1n) is 10.1. The molecule has 30 heavy (non-hydrogen) atoms. The second kappa shape index (κ2) is 9.95. The molecular formula is C22H29N3O4S. The van der Waals surface area contributed by atoms with Crippen LogP contribution in [0.4, 0.5) is 5.69 Å². The fourth-order valence-corrected chi connectivity index (χ4v) is 4.30. The van der Waals surface area contributed by atoms with Crippen molar-refractivity contribution < 1.29 is 17.9 Å². The van der Waals surface area contributed by atoms with E-state index in [0.717, 1.165) is 38.3 Å². The third-order valence-electron chi connectivity index (χ3n) is 5.23. The second-order valence-electron chi connectivity index (χ2n) is 7.35. The van der Waals surface area contributed by atoms with Gasteiger partial charge in [-0.25, -0.2) is 8.42 Å². The zero-order valence-electron chi connectivity index (χ0n) is 17.5. The van der Waals surface area contributed by atoms with Gasteiger partial charge < -0.3 is 14.5 Å². The average molecular weight is 432 g/mol. The molecule has 2 aromatic rings. The monoisotopic (exact) mass is 431 g/mol. The van der Waals surface area contributed by atoms with Gasteiger partial charge in [0.2, 0.25) is 10.0 Å². The van der Waals surface area contributed by atoms with Crippen molar-refractivity contribution in [3.63, 3.8) is 0 Å². The van der Waals surface area contributed by atoms with Crippen molar-refractivity contribution in [1.29, 1.82) is 0 Å². The number of piperazine rings is 1. The molecule has 0 aromatic heterocycles. The number of likely N-dealkylation sites (N-methyl/N-ethyl adjacent to an activating group) is 1. The van der Waals surface area contributed by atoms with Gasteiger partial charge in [-0.1, -0.05) is 37.3 Å². The van der Waals surface area contributed by atoms with Crippen molar-refractivity contribution >= 4 is 21.6 Å². The van der Waals surface area contributed by atoms with E-state index in [1.165, 1.54) is 10.6 Å². The molecule has 162 valence electrons. The maximum atomic E-state index is 12.4. The highest BCUT2D eigenvalue weighted by atomic mass is 32.2. The fourth-order valence-electron chi connectivity index (χ4n) is 3.41. The number of benzene rings is 2. The quantitative estimate of drug-likeness (QED) is 0.641. The van der Waals surface area contributed by atoms with Gasteiger partial charge in [0.05, 0.1) is 18.5 Å². The number of carbonyl (C=O) groups is 1. The highest BCUT2D eigenvalue weighted by Gasteiger charge is 2.21. The zero-order chi connectivity index (χ0) is 21.6. The predicted octanol–water partition coefficient (Wildman–Crippen LogP) is 2.20. The third-order valence-corrected chi connectivity index (χ3v) is 6.37. The van der Waals surface area contributed by atoms with Gasteiger partial charge in [-0.15, -0.1) is 0 Å². The summed E-state index contributed by atoms with van der Waals surface area (Å²) in [5, 5.41) is 0. The first-order valence-corrected chi connectivity index (χ1v) is 12.0. The van der Waals surface area contributed by atoms with Crippen LogP contribution in [0.2, 0.25) is 0 Å². The van der Waals surface area contributed by atoms with Gasteiger partial charge in [-0.05, 0) is 36.4 Å². The summed E-state index contributed by atoms with van der Waals surface area (Å²) in [5.41, 5.74) is 1.45. The zero-order valence-corrected chi connectivity index (χ0v) is 18.3. The number of carbonyl (C=O) groups excluding carboxylic acids is 1. The van der Waals surface area contributed by atoms with E-state index in [-0.39, 0.29) is 19.1 Å². The molecule has 0 saturated carbocycles. The first kappa shape index (κ1) is 22.1. The third kappa shape index (κ3) is 5.96. The van der Waals surface area contributed by atoms with Gasteiger partial charge in [0, 0.05) is 26.2 Å². The number of hydrogen-bond acceptors (Lipinski definition) is 5. The van der Waals surface area contributed by atoms with Gasteiger partial charge in [0.25, 0.3) is 5.91 Å². The van der Waals surface area contributed by atoms with Crippen LogP contribution in [0.3, 0.4) is 0 Å². The van der Waals surface area contributed by atoms with Gasteiger partial charge in [-0.3, -0.25) is 9.10 Å². The summed E-state index contributed by atoms with van der Waals surface area (Å²) in [6.45, 7) is 6.57. The van der Waals surface area contributed by atoms with Crippen molar-refractivity contribution in [2.24, 2.45) is 0 Å². The van der Waals surface area contributed by atoms with E-state index < -0.39 is 10.0 Å². The van der Waals surface area contributed by atoms with Crippen LogP contribution in [-0.4, -0.2) is 69.7 Å². The van der Waals surface area contributed by atoms with E-state index in [1.54, 1.807) is 24.3 Å². The molecule has 2 aromatic carbocycles. The van der Waals surface area contributed by atoms with Crippen LogP contribution in [0.1, 0.15) is 12.5 Å². The molecule has 0 spiro atoms. The SMILES string of the molecule is CCN1CCN(C(=O)COc2ccc(N(Cc3ccccc3)S(C)(=O)=O)cc2)CC1.